The van der Waals surface area contributed by atoms with Crippen LogP contribution in [0, 0.1) is 22.7 Å². The number of hydrogen-bond donors (Lipinski definition) is 0. The van der Waals surface area contributed by atoms with Crippen LogP contribution in [-0.2, 0) is 0 Å². The molecule has 0 rings (SSSR count). The average molecular weight is 326 g/mol. The molecule has 0 heterocycles. The third-order valence-corrected chi connectivity index (χ3v) is 10.9. The predicted octanol–water partition coefficient (Wildman–Crippen LogP) is 3.45. The van der Waals surface area contributed by atoms with Crippen LogP contribution in [0.1, 0.15) is 0 Å². The van der Waals surface area contributed by atoms with Gasteiger partial charge in [-0.2, -0.15) is 0 Å². The van der Waals surface area contributed by atoms with Gasteiger partial charge in [0.15, 0.2) is 0 Å². The zero-order valence-corrected chi connectivity index (χ0v) is 13.3. The summed E-state index contributed by atoms with van der Waals surface area (Å²) in [6, 6.07) is 4.77. The standard InChI is InChI=1S/C10H20N2Se2/c1-13(2,3)9(7-11)10(8-12)14(4,5)6/h9-10H,1-6H3. The first-order valence-corrected chi connectivity index (χ1v) is 16.5. The van der Waals surface area contributed by atoms with Crippen LogP contribution in [0.25, 0.3) is 0 Å². The molecule has 4 heteroatoms. The Balaban J connectivity index is 5.07. The van der Waals surface area contributed by atoms with Crippen molar-refractivity contribution in [2.75, 3.05) is 0 Å². The van der Waals surface area contributed by atoms with Gasteiger partial charge in [-0.05, 0) is 0 Å². The van der Waals surface area contributed by atoms with Crippen molar-refractivity contribution in [3.05, 3.63) is 0 Å². The minimum absolute atomic E-state index is 0.0104. The normalized spacial score (nSPS) is 18.9. The summed E-state index contributed by atoms with van der Waals surface area (Å²) in [5.41, 5.74) is 0. The Kier molecular flexibility index (Phi) is 4.70. The molecule has 0 spiro atoms. The van der Waals surface area contributed by atoms with Crippen LogP contribution >= 0.6 is 0 Å². The summed E-state index contributed by atoms with van der Waals surface area (Å²) in [4.78, 5) is 0.0208. The fourth-order valence-corrected chi connectivity index (χ4v) is 13.2. The van der Waals surface area contributed by atoms with E-state index >= 15 is 0 Å². The van der Waals surface area contributed by atoms with E-state index in [0.717, 1.165) is 0 Å². The van der Waals surface area contributed by atoms with Gasteiger partial charge in [0.05, 0.1) is 0 Å². The zero-order chi connectivity index (χ0) is 11.6. The molecule has 2 unspecified atom stereocenters. The van der Waals surface area contributed by atoms with E-state index < -0.39 is 25.7 Å². The van der Waals surface area contributed by atoms with Gasteiger partial charge < -0.3 is 0 Å². The van der Waals surface area contributed by atoms with Crippen LogP contribution in [0.3, 0.4) is 0 Å². The molecule has 14 heavy (non-hydrogen) atoms. The zero-order valence-electron chi connectivity index (χ0n) is 9.87. The van der Waals surface area contributed by atoms with Gasteiger partial charge in [-0.25, -0.2) is 0 Å². The second-order valence-corrected chi connectivity index (χ2v) is 23.3. The molecule has 2 atom stereocenters. The third kappa shape index (κ3) is 3.64. The molecule has 0 aliphatic heterocycles. The van der Waals surface area contributed by atoms with Gasteiger partial charge >= 0.3 is 92.9 Å². The van der Waals surface area contributed by atoms with Crippen LogP contribution < -0.4 is 0 Å². The summed E-state index contributed by atoms with van der Waals surface area (Å²) < 4.78 is 0. The molecule has 0 radical (unpaired) electrons. The monoisotopic (exact) mass is 328 g/mol. The molecule has 0 fully saturated rings. The summed E-state index contributed by atoms with van der Waals surface area (Å²) in [5, 5.41) is 18.4. The maximum atomic E-state index is 9.19. The van der Waals surface area contributed by atoms with Crippen LogP contribution in [0.2, 0.25) is 44.6 Å². The van der Waals surface area contributed by atoms with Crippen molar-refractivity contribution in [3.63, 3.8) is 0 Å². The van der Waals surface area contributed by atoms with E-state index in [2.05, 4.69) is 47.1 Å². The Morgan fingerprint density at radius 3 is 1.00 bits per heavy atom. The molecule has 0 aromatic carbocycles. The minimum atomic E-state index is -1.70. The Bertz CT molecular complexity index is 242. The average Bonchev–Trinajstić information content (AvgIpc) is 1.94. The fourth-order valence-electron chi connectivity index (χ4n) is 1.19. The van der Waals surface area contributed by atoms with E-state index in [1.54, 1.807) is 0 Å². The number of hydrogen-bond acceptors (Lipinski definition) is 2. The van der Waals surface area contributed by atoms with Crippen LogP contribution in [0.4, 0.5) is 0 Å². The van der Waals surface area contributed by atoms with E-state index in [-0.39, 0.29) is 9.63 Å². The van der Waals surface area contributed by atoms with E-state index in [0.29, 0.717) is 0 Å². The van der Waals surface area contributed by atoms with Crippen LogP contribution in [-0.4, -0.2) is 25.7 Å². The van der Waals surface area contributed by atoms with Crippen molar-refractivity contribution in [1.29, 1.82) is 10.5 Å². The first-order chi connectivity index (χ1) is 6.14. The van der Waals surface area contributed by atoms with Gasteiger partial charge in [0, 0.05) is 0 Å². The SMILES string of the molecule is C[Se](C)(C)C(C#N)C(C#N)[Se](C)(C)C. The van der Waals surface area contributed by atoms with Gasteiger partial charge in [-0.1, -0.05) is 0 Å². The third-order valence-electron chi connectivity index (χ3n) is 2.05. The number of rotatable bonds is 3. The molecular formula is C10H20N2Se2. The van der Waals surface area contributed by atoms with Gasteiger partial charge in [0.25, 0.3) is 0 Å². The Morgan fingerprint density at radius 2 is 0.929 bits per heavy atom. The molecule has 82 valence electrons. The number of nitrogens with zero attached hydrogens (tertiary/aromatic N) is 2. The van der Waals surface area contributed by atoms with E-state index in [1.807, 2.05) is 0 Å². The van der Waals surface area contributed by atoms with Crippen molar-refractivity contribution in [2.45, 2.75) is 44.6 Å². The Morgan fingerprint density at radius 1 is 0.714 bits per heavy atom. The molecule has 0 saturated heterocycles. The van der Waals surface area contributed by atoms with Crippen molar-refractivity contribution in [3.8, 4) is 12.1 Å². The summed E-state index contributed by atoms with van der Waals surface area (Å²) in [5.74, 6) is 13.2. The molecule has 0 aliphatic rings. The summed E-state index contributed by atoms with van der Waals surface area (Å²) >= 11 is -3.41. The number of nitriles is 2. The topological polar surface area (TPSA) is 47.6 Å². The van der Waals surface area contributed by atoms with Crippen molar-refractivity contribution < 1.29 is 0 Å². The first kappa shape index (κ1) is 14.0. The predicted molar refractivity (Wildman–Crippen MR) is 65.4 cm³/mol. The van der Waals surface area contributed by atoms with E-state index in [1.165, 1.54) is 0 Å². The van der Waals surface area contributed by atoms with E-state index in [4.69, 9.17) is 0 Å². The Hall–Kier alpha value is 0.0190. The Labute approximate surface area is 92.8 Å². The quantitative estimate of drug-likeness (QED) is 0.746. The molecule has 0 amide bonds. The molecule has 0 aromatic rings. The van der Waals surface area contributed by atoms with Gasteiger partial charge in [-0.3, -0.25) is 0 Å². The van der Waals surface area contributed by atoms with Crippen molar-refractivity contribution in [2.24, 2.45) is 0 Å². The summed E-state index contributed by atoms with van der Waals surface area (Å²) in [6.07, 6.45) is 0. The van der Waals surface area contributed by atoms with Crippen molar-refractivity contribution >= 4 is 25.7 Å². The summed E-state index contributed by atoms with van der Waals surface area (Å²) in [6.45, 7) is 0. The van der Waals surface area contributed by atoms with Crippen molar-refractivity contribution in [1.82, 2.24) is 0 Å². The molecular weight excluding hydrogens is 306 g/mol. The van der Waals surface area contributed by atoms with Crippen LogP contribution in [0.5, 0.6) is 0 Å². The van der Waals surface area contributed by atoms with Gasteiger partial charge in [-0.15, -0.1) is 0 Å². The molecule has 0 aromatic heterocycles. The second-order valence-electron chi connectivity index (χ2n) is 4.96. The van der Waals surface area contributed by atoms with E-state index in [9.17, 15) is 10.5 Å². The maximum absolute atomic E-state index is 9.19. The molecule has 0 bridgehead atoms. The fraction of sp³-hybridized carbons (Fsp3) is 0.800. The van der Waals surface area contributed by atoms with Gasteiger partial charge in [0.2, 0.25) is 0 Å². The van der Waals surface area contributed by atoms with Gasteiger partial charge in [0.1, 0.15) is 0 Å². The first-order valence-electron chi connectivity index (χ1n) is 4.28. The molecule has 2 nitrogen and oxygen atoms in total. The van der Waals surface area contributed by atoms with Crippen LogP contribution in [0.15, 0.2) is 0 Å². The second kappa shape index (κ2) is 4.69. The molecule has 0 saturated carbocycles. The summed E-state index contributed by atoms with van der Waals surface area (Å²) in [7, 11) is 0. The molecule has 0 aliphatic carbocycles. The molecule has 0 N–H and O–H groups in total.